The molecule has 3 aromatic carbocycles. The van der Waals surface area contributed by atoms with Crippen LogP contribution in [-0.2, 0) is 23.0 Å². The summed E-state index contributed by atoms with van der Waals surface area (Å²) in [5.74, 6) is 0. The highest BCUT2D eigenvalue weighted by molar-refractivity contribution is 7.92. The van der Waals surface area contributed by atoms with E-state index in [0.717, 1.165) is 30.3 Å². The standard InChI is InChI=1S/C19H18N2O2S.ClH/c22-24(23,19-8-6-14-3-1-2-4-15(14)12-19)21-18-7-5-17-13-20-10-9-16(17)11-18;/h1-8,11-12,20-21H,9-10,13H2;1H. The van der Waals surface area contributed by atoms with Crippen LogP contribution < -0.4 is 10.0 Å². The molecule has 4 nitrogen and oxygen atoms in total. The van der Waals surface area contributed by atoms with E-state index in [1.165, 1.54) is 11.1 Å². The van der Waals surface area contributed by atoms with Gasteiger partial charge in [-0.2, -0.15) is 0 Å². The van der Waals surface area contributed by atoms with Gasteiger partial charge in [0.25, 0.3) is 10.0 Å². The Morgan fingerprint density at radius 2 is 1.68 bits per heavy atom. The maximum absolute atomic E-state index is 12.7. The number of benzene rings is 3. The van der Waals surface area contributed by atoms with Crippen molar-refractivity contribution < 1.29 is 8.42 Å². The molecule has 3 aromatic rings. The monoisotopic (exact) mass is 374 g/mol. The third-order valence-corrected chi connectivity index (χ3v) is 5.76. The van der Waals surface area contributed by atoms with Crippen molar-refractivity contribution in [3.8, 4) is 0 Å². The van der Waals surface area contributed by atoms with Crippen molar-refractivity contribution in [3.05, 3.63) is 71.8 Å². The van der Waals surface area contributed by atoms with Crippen LogP contribution in [0.3, 0.4) is 0 Å². The summed E-state index contributed by atoms with van der Waals surface area (Å²) < 4.78 is 28.1. The van der Waals surface area contributed by atoms with Gasteiger partial charge in [0.05, 0.1) is 4.90 Å². The van der Waals surface area contributed by atoms with Crippen LogP contribution in [0.4, 0.5) is 5.69 Å². The van der Waals surface area contributed by atoms with Crippen molar-refractivity contribution in [2.24, 2.45) is 0 Å². The number of hydrogen-bond donors (Lipinski definition) is 2. The van der Waals surface area contributed by atoms with Gasteiger partial charge in [0.2, 0.25) is 0 Å². The molecule has 0 bridgehead atoms. The van der Waals surface area contributed by atoms with Gasteiger partial charge in [-0.05, 0) is 59.1 Å². The molecule has 25 heavy (non-hydrogen) atoms. The van der Waals surface area contributed by atoms with Crippen LogP contribution in [0.25, 0.3) is 10.8 Å². The Morgan fingerprint density at radius 1 is 0.880 bits per heavy atom. The zero-order valence-corrected chi connectivity index (χ0v) is 15.2. The molecule has 0 radical (unpaired) electrons. The van der Waals surface area contributed by atoms with Crippen molar-refractivity contribution >= 4 is 38.9 Å². The molecule has 0 saturated carbocycles. The Morgan fingerprint density at radius 3 is 2.52 bits per heavy atom. The van der Waals surface area contributed by atoms with E-state index in [1.54, 1.807) is 12.1 Å². The first kappa shape index (κ1) is 17.7. The predicted molar refractivity (Wildman–Crippen MR) is 104 cm³/mol. The van der Waals surface area contributed by atoms with Crippen molar-refractivity contribution in [1.82, 2.24) is 5.32 Å². The number of nitrogens with one attached hydrogen (secondary N) is 2. The number of halogens is 1. The quantitative estimate of drug-likeness (QED) is 0.734. The second kappa shape index (κ2) is 7.04. The van der Waals surface area contributed by atoms with Crippen LogP contribution in [-0.4, -0.2) is 15.0 Å². The number of anilines is 1. The zero-order chi connectivity index (χ0) is 16.6. The summed E-state index contributed by atoms with van der Waals surface area (Å²) in [7, 11) is -3.60. The van der Waals surface area contributed by atoms with Gasteiger partial charge in [-0.25, -0.2) is 8.42 Å². The maximum Gasteiger partial charge on any atom is 0.261 e. The highest BCUT2D eigenvalue weighted by Gasteiger charge is 2.16. The van der Waals surface area contributed by atoms with E-state index in [4.69, 9.17) is 0 Å². The Bertz CT molecular complexity index is 1020. The molecule has 1 aliphatic rings. The second-order valence-electron chi connectivity index (χ2n) is 6.02. The van der Waals surface area contributed by atoms with Gasteiger partial charge in [-0.15, -0.1) is 12.4 Å². The molecule has 130 valence electrons. The van der Waals surface area contributed by atoms with Gasteiger partial charge in [0.15, 0.2) is 0 Å². The average molecular weight is 375 g/mol. The Labute approximate surface area is 153 Å². The molecule has 0 spiro atoms. The number of rotatable bonds is 3. The minimum absolute atomic E-state index is 0. The van der Waals surface area contributed by atoms with E-state index in [-0.39, 0.29) is 17.3 Å². The molecule has 2 N–H and O–H groups in total. The van der Waals surface area contributed by atoms with Gasteiger partial charge in [0, 0.05) is 12.2 Å². The van der Waals surface area contributed by atoms with Crippen LogP contribution >= 0.6 is 12.4 Å². The summed E-state index contributed by atoms with van der Waals surface area (Å²) in [6.45, 7) is 1.76. The van der Waals surface area contributed by atoms with E-state index >= 15 is 0 Å². The number of hydrogen-bond acceptors (Lipinski definition) is 3. The van der Waals surface area contributed by atoms with Crippen molar-refractivity contribution in [2.75, 3.05) is 11.3 Å². The summed E-state index contributed by atoms with van der Waals surface area (Å²) in [6, 6.07) is 18.7. The molecule has 0 fully saturated rings. The second-order valence-corrected chi connectivity index (χ2v) is 7.71. The summed E-state index contributed by atoms with van der Waals surface area (Å²) in [6.07, 6.45) is 0.918. The largest absolute Gasteiger partial charge is 0.312 e. The molecule has 0 saturated heterocycles. The predicted octanol–water partition coefficient (Wildman–Crippen LogP) is 3.71. The van der Waals surface area contributed by atoms with Crippen LogP contribution in [0.15, 0.2) is 65.6 Å². The van der Waals surface area contributed by atoms with E-state index in [0.29, 0.717) is 5.69 Å². The Kier molecular flexibility index (Phi) is 4.99. The highest BCUT2D eigenvalue weighted by atomic mass is 35.5. The molecule has 6 heteroatoms. The average Bonchev–Trinajstić information content (AvgIpc) is 2.61. The Balaban J connectivity index is 0.00000182. The minimum atomic E-state index is -3.60. The molecule has 0 aliphatic carbocycles. The van der Waals surface area contributed by atoms with Gasteiger partial charge in [0.1, 0.15) is 0 Å². The van der Waals surface area contributed by atoms with Crippen LogP contribution in [0, 0.1) is 0 Å². The highest BCUT2D eigenvalue weighted by Crippen LogP contribution is 2.24. The molecule has 4 rings (SSSR count). The molecule has 1 heterocycles. The Hall–Kier alpha value is -2.08. The zero-order valence-electron chi connectivity index (χ0n) is 13.5. The van der Waals surface area contributed by atoms with Gasteiger partial charge in [-0.3, -0.25) is 4.72 Å². The molecular formula is C19H19ClN2O2S. The smallest absolute Gasteiger partial charge is 0.261 e. The topological polar surface area (TPSA) is 58.2 Å². The van der Waals surface area contributed by atoms with Gasteiger partial charge in [-0.1, -0.05) is 36.4 Å². The normalized spacial score (nSPS) is 13.8. The molecule has 0 atom stereocenters. The first-order chi connectivity index (χ1) is 11.6. The van der Waals surface area contributed by atoms with Crippen molar-refractivity contribution in [2.45, 2.75) is 17.9 Å². The first-order valence-electron chi connectivity index (χ1n) is 7.96. The molecule has 0 aromatic heterocycles. The van der Waals surface area contributed by atoms with E-state index < -0.39 is 10.0 Å². The first-order valence-corrected chi connectivity index (χ1v) is 9.44. The lowest BCUT2D eigenvalue weighted by Crippen LogP contribution is -2.23. The lowest BCUT2D eigenvalue weighted by atomic mass is 10.0. The van der Waals surface area contributed by atoms with Crippen molar-refractivity contribution in [3.63, 3.8) is 0 Å². The lowest BCUT2D eigenvalue weighted by Gasteiger charge is -2.18. The van der Waals surface area contributed by atoms with E-state index in [1.807, 2.05) is 48.5 Å². The molecule has 1 aliphatic heterocycles. The minimum Gasteiger partial charge on any atom is -0.312 e. The van der Waals surface area contributed by atoms with Crippen LogP contribution in [0.2, 0.25) is 0 Å². The maximum atomic E-state index is 12.7. The van der Waals surface area contributed by atoms with E-state index in [2.05, 4.69) is 10.0 Å². The number of sulfonamides is 1. The van der Waals surface area contributed by atoms with Crippen LogP contribution in [0.5, 0.6) is 0 Å². The lowest BCUT2D eigenvalue weighted by molar-refractivity contribution is 0.601. The van der Waals surface area contributed by atoms with Gasteiger partial charge >= 0.3 is 0 Å². The molecule has 0 amide bonds. The third kappa shape index (κ3) is 3.63. The summed E-state index contributed by atoms with van der Waals surface area (Å²) in [5, 5.41) is 5.25. The number of fused-ring (bicyclic) bond motifs is 2. The van der Waals surface area contributed by atoms with E-state index in [9.17, 15) is 8.42 Å². The molecular weight excluding hydrogens is 356 g/mol. The SMILES string of the molecule is Cl.O=S(=O)(Nc1ccc2c(c1)CCNC2)c1ccc2ccccc2c1. The fourth-order valence-electron chi connectivity index (χ4n) is 3.09. The summed E-state index contributed by atoms with van der Waals surface area (Å²) in [4.78, 5) is 0.278. The third-order valence-electron chi connectivity index (χ3n) is 4.38. The summed E-state index contributed by atoms with van der Waals surface area (Å²) >= 11 is 0. The summed E-state index contributed by atoms with van der Waals surface area (Å²) in [5.41, 5.74) is 3.05. The fraction of sp³-hybridized carbons (Fsp3) is 0.158. The molecule has 0 unspecified atom stereocenters. The fourth-order valence-corrected chi connectivity index (χ4v) is 4.17. The van der Waals surface area contributed by atoms with Crippen LogP contribution in [0.1, 0.15) is 11.1 Å². The van der Waals surface area contributed by atoms with Crippen molar-refractivity contribution in [1.29, 1.82) is 0 Å². The van der Waals surface area contributed by atoms with Gasteiger partial charge < -0.3 is 5.32 Å².